The molecule has 0 unspecified atom stereocenters. The summed E-state index contributed by atoms with van der Waals surface area (Å²) >= 11 is 0. The van der Waals surface area contributed by atoms with Gasteiger partial charge in [-0.25, -0.2) is 4.39 Å². The van der Waals surface area contributed by atoms with E-state index in [2.05, 4.69) is 17.0 Å². The number of piperazine rings is 1. The van der Waals surface area contributed by atoms with Crippen LogP contribution >= 0.6 is 0 Å². The van der Waals surface area contributed by atoms with E-state index in [-0.39, 0.29) is 11.7 Å². The van der Waals surface area contributed by atoms with Gasteiger partial charge < -0.3 is 9.64 Å². The van der Waals surface area contributed by atoms with Crippen molar-refractivity contribution in [1.29, 1.82) is 0 Å². The molecule has 0 radical (unpaired) electrons. The van der Waals surface area contributed by atoms with E-state index in [1.54, 1.807) is 0 Å². The van der Waals surface area contributed by atoms with E-state index < -0.39 is 5.41 Å². The van der Waals surface area contributed by atoms with Crippen molar-refractivity contribution in [1.82, 2.24) is 9.80 Å². The van der Waals surface area contributed by atoms with Crippen LogP contribution in [0.25, 0.3) is 0 Å². The van der Waals surface area contributed by atoms with Crippen LogP contribution < -0.4 is 0 Å². The van der Waals surface area contributed by atoms with Gasteiger partial charge in [-0.1, -0.05) is 42.5 Å². The first-order valence-corrected chi connectivity index (χ1v) is 10.1. The van der Waals surface area contributed by atoms with Crippen molar-refractivity contribution in [2.45, 2.75) is 24.8 Å². The number of carbonyl (C=O) groups is 1. The van der Waals surface area contributed by atoms with E-state index in [9.17, 15) is 9.18 Å². The molecule has 2 aromatic rings. The Bertz CT molecular complexity index is 780. The summed E-state index contributed by atoms with van der Waals surface area (Å²) < 4.78 is 18.7. The molecule has 0 aromatic heterocycles. The smallest absolute Gasteiger partial charge is 0.233 e. The molecule has 2 aliphatic rings. The Morgan fingerprint density at radius 1 is 0.929 bits per heavy atom. The summed E-state index contributed by atoms with van der Waals surface area (Å²) in [5, 5.41) is 0. The fourth-order valence-electron chi connectivity index (χ4n) is 4.36. The summed E-state index contributed by atoms with van der Waals surface area (Å²) in [6, 6.07) is 16.9. The largest absolute Gasteiger partial charge is 0.381 e. The van der Waals surface area contributed by atoms with Crippen LogP contribution in [0.3, 0.4) is 0 Å². The van der Waals surface area contributed by atoms with E-state index >= 15 is 0 Å². The van der Waals surface area contributed by atoms with Gasteiger partial charge in [0.05, 0.1) is 5.41 Å². The summed E-state index contributed by atoms with van der Waals surface area (Å²) in [6.45, 7) is 5.19. The number of carbonyl (C=O) groups excluding carboxylic acids is 1. The molecular formula is C23H27FN2O2. The number of nitrogens with zero attached hydrogens (tertiary/aromatic N) is 2. The first-order chi connectivity index (χ1) is 13.7. The molecule has 5 heteroatoms. The normalized spacial score (nSPS) is 20.1. The summed E-state index contributed by atoms with van der Waals surface area (Å²) in [4.78, 5) is 17.9. The quantitative estimate of drug-likeness (QED) is 0.814. The van der Waals surface area contributed by atoms with Crippen LogP contribution in [-0.2, 0) is 21.5 Å². The third-order valence-corrected chi connectivity index (χ3v) is 6.06. The van der Waals surface area contributed by atoms with Crippen LogP contribution in [-0.4, -0.2) is 55.1 Å². The molecule has 4 rings (SSSR count). The van der Waals surface area contributed by atoms with Gasteiger partial charge in [0, 0.05) is 45.9 Å². The number of hydrogen-bond donors (Lipinski definition) is 0. The molecule has 0 aliphatic carbocycles. The molecule has 0 saturated carbocycles. The van der Waals surface area contributed by atoms with E-state index in [1.807, 2.05) is 35.2 Å². The van der Waals surface area contributed by atoms with Crippen molar-refractivity contribution < 1.29 is 13.9 Å². The molecule has 2 aliphatic heterocycles. The van der Waals surface area contributed by atoms with Crippen molar-refractivity contribution >= 4 is 5.91 Å². The zero-order chi connectivity index (χ0) is 19.4. The maximum Gasteiger partial charge on any atom is 0.233 e. The molecule has 148 valence electrons. The minimum Gasteiger partial charge on any atom is -0.381 e. The number of ether oxygens (including phenoxy) is 1. The van der Waals surface area contributed by atoms with Gasteiger partial charge in [-0.3, -0.25) is 9.69 Å². The molecule has 4 nitrogen and oxygen atoms in total. The zero-order valence-corrected chi connectivity index (χ0v) is 16.1. The summed E-state index contributed by atoms with van der Waals surface area (Å²) in [5.74, 6) is 0.0327. The second kappa shape index (κ2) is 8.41. The van der Waals surface area contributed by atoms with E-state index in [1.165, 1.54) is 12.1 Å². The fraction of sp³-hybridized carbons (Fsp3) is 0.435. The lowest BCUT2D eigenvalue weighted by Crippen LogP contribution is -2.55. The highest BCUT2D eigenvalue weighted by atomic mass is 19.1. The highest BCUT2D eigenvalue weighted by Crippen LogP contribution is 2.37. The van der Waals surface area contributed by atoms with Crippen molar-refractivity contribution in [3.05, 3.63) is 71.5 Å². The third kappa shape index (κ3) is 3.96. The highest BCUT2D eigenvalue weighted by molar-refractivity contribution is 5.88. The Morgan fingerprint density at radius 2 is 1.57 bits per heavy atom. The van der Waals surface area contributed by atoms with Crippen molar-refractivity contribution in [3.8, 4) is 0 Å². The molecule has 28 heavy (non-hydrogen) atoms. The second-order valence-electron chi connectivity index (χ2n) is 7.76. The van der Waals surface area contributed by atoms with Crippen molar-refractivity contribution in [2.75, 3.05) is 39.4 Å². The van der Waals surface area contributed by atoms with E-state index in [0.29, 0.717) is 13.2 Å². The van der Waals surface area contributed by atoms with Crippen molar-refractivity contribution in [3.63, 3.8) is 0 Å². The number of amides is 1. The van der Waals surface area contributed by atoms with Gasteiger partial charge >= 0.3 is 0 Å². The van der Waals surface area contributed by atoms with E-state index in [4.69, 9.17) is 4.74 Å². The molecule has 2 heterocycles. The second-order valence-corrected chi connectivity index (χ2v) is 7.76. The van der Waals surface area contributed by atoms with Crippen LogP contribution in [0.1, 0.15) is 24.0 Å². The lowest BCUT2D eigenvalue weighted by Gasteiger charge is -2.43. The number of rotatable bonds is 4. The Hall–Kier alpha value is -2.24. The van der Waals surface area contributed by atoms with Crippen LogP contribution in [0, 0.1) is 5.82 Å². The van der Waals surface area contributed by atoms with Gasteiger partial charge in [0.1, 0.15) is 5.82 Å². The molecular weight excluding hydrogens is 355 g/mol. The molecule has 2 saturated heterocycles. The Balaban J connectivity index is 1.42. The lowest BCUT2D eigenvalue weighted by molar-refractivity contribution is -0.143. The lowest BCUT2D eigenvalue weighted by atomic mass is 9.73. The maximum atomic E-state index is 13.6. The summed E-state index contributed by atoms with van der Waals surface area (Å²) in [7, 11) is 0. The van der Waals surface area contributed by atoms with Crippen LogP contribution in [0.15, 0.2) is 54.6 Å². The molecule has 0 N–H and O–H groups in total. The van der Waals surface area contributed by atoms with Gasteiger partial charge in [0.2, 0.25) is 5.91 Å². The van der Waals surface area contributed by atoms with E-state index in [0.717, 1.165) is 56.7 Å². The van der Waals surface area contributed by atoms with Gasteiger partial charge in [-0.05, 0) is 36.1 Å². The fourth-order valence-corrected chi connectivity index (χ4v) is 4.36. The van der Waals surface area contributed by atoms with Gasteiger partial charge in [-0.15, -0.1) is 0 Å². The first-order valence-electron chi connectivity index (χ1n) is 10.1. The first kappa shape index (κ1) is 19.1. The molecule has 1 amide bonds. The van der Waals surface area contributed by atoms with Crippen LogP contribution in [0.4, 0.5) is 4.39 Å². The monoisotopic (exact) mass is 382 g/mol. The molecule has 0 bridgehead atoms. The standard InChI is InChI=1S/C23H27FN2O2/c24-21-8-6-19(7-9-21)18-25-12-14-26(15-13-25)22(27)23(10-16-28-17-11-23)20-4-2-1-3-5-20/h1-9H,10-18H2. The Labute approximate surface area is 165 Å². The topological polar surface area (TPSA) is 32.8 Å². The van der Waals surface area contributed by atoms with Gasteiger partial charge in [-0.2, -0.15) is 0 Å². The van der Waals surface area contributed by atoms with Gasteiger partial charge in [0.15, 0.2) is 0 Å². The van der Waals surface area contributed by atoms with Crippen LogP contribution in [0.2, 0.25) is 0 Å². The SMILES string of the molecule is O=C(N1CCN(Cc2ccc(F)cc2)CC1)C1(c2ccccc2)CCOCC1. The number of benzene rings is 2. The predicted molar refractivity (Wildman–Crippen MR) is 106 cm³/mol. The molecule has 2 fully saturated rings. The molecule has 0 spiro atoms. The number of hydrogen-bond acceptors (Lipinski definition) is 3. The summed E-state index contributed by atoms with van der Waals surface area (Å²) in [6.07, 6.45) is 1.48. The molecule has 2 aromatic carbocycles. The Morgan fingerprint density at radius 3 is 2.21 bits per heavy atom. The number of halogens is 1. The summed E-state index contributed by atoms with van der Waals surface area (Å²) in [5.41, 5.74) is 1.75. The maximum absolute atomic E-state index is 13.6. The predicted octanol–water partition coefficient (Wildman–Crippen LogP) is 3.22. The molecule has 0 atom stereocenters. The minimum atomic E-state index is -0.460. The minimum absolute atomic E-state index is 0.207. The van der Waals surface area contributed by atoms with Crippen molar-refractivity contribution in [2.24, 2.45) is 0 Å². The Kier molecular flexibility index (Phi) is 5.74. The average molecular weight is 382 g/mol. The highest BCUT2D eigenvalue weighted by Gasteiger charge is 2.44. The average Bonchev–Trinajstić information content (AvgIpc) is 2.76. The van der Waals surface area contributed by atoms with Gasteiger partial charge in [0.25, 0.3) is 0 Å². The third-order valence-electron chi connectivity index (χ3n) is 6.06. The van der Waals surface area contributed by atoms with Crippen LogP contribution in [0.5, 0.6) is 0 Å². The zero-order valence-electron chi connectivity index (χ0n) is 16.1.